The molecule has 1 aromatic rings. The number of halogens is 2. The molecule has 1 aliphatic carbocycles. The zero-order chi connectivity index (χ0) is 12.3. The van der Waals surface area contributed by atoms with Crippen LogP contribution in [0.25, 0.3) is 0 Å². The summed E-state index contributed by atoms with van der Waals surface area (Å²) in [6.07, 6.45) is 7.58. The Kier molecular flexibility index (Phi) is 4.44. The Bertz CT molecular complexity index is 367. The first-order valence-corrected chi connectivity index (χ1v) is 6.97. The largest absolute Gasteiger partial charge is 0.205 e. The van der Waals surface area contributed by atoms with Gasteiger partial charge >= 0.3 is 0 Å². The molecule has 0 atom stereocenters. The number of rotatable bonds is 3. The Hall–Kier alpha value is -0.560. The first-order valence-electron chi connectivity index (χ1n) is 6.59. The molecule has 1 aromatic carbocycles. The second-order valence-corrected chi connectivity index (χ2v) is 5.82. The highest BCUT2D eigenvalue weighted by Gasteiger charge is 2.17. The summed E-state index contributed by atoms with van der Waals surface area (Å²) in [4.78, 5) is 0. The van der Waals surface area contributed by atoms with Gasteiger partial charge in [0, 0.05) is 0 Å². The van der Waals surface area contributed by atoms with Crippen LogP contribution >= 0.6 is 11.6 Å². The summed E-state index contributed by atoms with van der Waals surface area (Å²) in [5.41, 5.74) is 1.07. The molecule has 0 spiro atoms. The molecule has 0 unspecified atom stereocenters. The van der Waals surface area contributed by atoms with E-state index in [9.17, 15) is 4.39 Å². The van der Waals surface area contributed by atoms with Crippen molar-refractivity contribution in [2.75, 3.05) is 0 Å². The molecule has 0 radical (unpaired) electrons. The van der Waals surface area contributed by atoms with E-state index in [1.165, 1.54) is 32.1 Å². The molecule has 1 saturated carbocycles. The molecule has 0 aliphatic heterocycles. The molecule has 2 rings (SSSR count). The maximum absolute atomic E-state index is 13.3. The number of hydrogen-bond acceptors (Lipinski definition) is 0. The van der Waals surface area contributed by atoms with Crippen LogP contribution in [-0.4, -0.2) is 0 Å². The fourth-order valence-corrected chi connectivity index (χ4v) is 2.80. The molecule has 0 bridgehead atoms. The Labute approximate surface area is 108 Å². The Morgan fingerprint density at radius 2 is 1.94 bits per heavy atom. The van der Waals surface area contributed by atoms with Gasteiger partial charge in [-0.05, 0) is 42.4 Å². The Balaban J connectivity index is 1.83. The van der Waals surface area contributed by atoms with E-state index < -0.39 is 0 Å². The van der Waals surface area contributed by atoms with E-state index >= 15 is 0 Å². The van der Waals surface area contributed by atoms with Crippen molar-refractivity contribution in [3.63, 3.8) is 0 Å². The first-order chi connectivity index (χ1) is 8.15. The molecule has 17 heavy (non-hydrogen) atoms. The Morgan fingerprint density at radius 1 is 1.24 bits per heavy atom. The summed E-state index contributed by atoms with van der Waals surface area (Å²) < 4.78 is 13.3. The summed E-state index contributed by atoms with van der Waals surface area (Å²) in [5.74, 6) is 1.45. The van der Waals surface area contributed by atoms with Crippen LogP contribution in [0.15, 0.2) is 18.2 Å². The highest BCUT2D eigenvalue weighted by molar-refractivity contribution is 6.30. The van der Waals surface area contributed by atoms with Gasteiger partial charge < -0.3 is 0 Å². The van der Waals surface area contributed by atoms with Gasteiger partial charge in [0.05, 0.1) is 5.02 Å². The van der Waals surface area contributed by atoms with Gasteiger partial charge in [-0.25, -0.2) is 4.39 Å². The third kappa shape index (κ3) is 3.70. The van der Waals surface area contributed by atoms with Gasteiger partial charge in [-0.1, -0.05) is 50.3 Å². The van der Waals surface area contributed by atoms with Crippen LogP contribution in [0.2, 0.25) is 5.02 Å². The molecule has 2 heteroatoms. The average Bonchev–Trinajstić information content (AvgIpc) is 2.33. The fraction of sp³-hybridized carbons (Fsp3) is 0.600. The lowest BCUT2D eigenvalue weighted by atomic mass is 9.80. The molecule has 0 amide bonds. The van der Waals surface area contributed by atoms with Gasteiger partial charge in [0.2, 0.25) is 0 Å². The van der Waals surface area contributed by atoms with E-state index in [4.69, 9.17) is 11.6 Å². The lowest BCUT2D eigenvalue weighted by Crippen LogP contribution is -2.12. The minimum absolute atomic E-state index is 0.222. The molecule has 1 aliphatic rings. The van der Waals surface area contributed by atoms with Crippen molar-refractivity contribution in [2.24, 2.45) is 11.8 Å². The lowest BCUT2D eigenvalue weighted by Gasteiger charge is -2.26. The van der Waals surface area contributed by atoms with Gasteiger partial charge in [0.15, 0.2) is 0 Å². The second kappa shape index (κ2) is 5.86. The molecule has 94 valence electrons. The maximum atomic E-state index is 13.3. The predicted octanol–water partition coefficient (Wildman–Crippen LogP) is 5.24. The van der Waals surface area contributed by atoms with Gasteiger partial charge in [-0.3, -0.25) is 0 Å². The molecule has 0 aromatic heterocycles. The van der Waals surface area contributed by atoms with Crippen LogP contribution in [0.1, 0.15) is 44.6 Å². The standard InChI is InChI=1S/C15H20ClF/c1-11-2-4-12(5-3-11)6-7-13-8-9-14(16)15(17)10-13/h8-12H,2-7H2,1H3. The van der Waals surface area contributed by atoms with Crippen LogP contribution in [0.4, 0.5) is 4.39 Å². The Morgan fingerprint density at radius 3 is 2.59 bits per heavy atom. The van der Waals surface area contributed by atoms with Crippen molar-refractivity contribution >= 4 is 11.6 Å². The quantitative estimate of drug-likeness (QED) is 0.692. The maximum Gasteiger partial charge on any atom is 0.142 e. The van der Waals surface area contributed by atoms with E-state index in [0.29, 0.717) is 0 Å². The van der Waals surface area contributed by atoms with Crippen molar-refractivity contribution in [1.29, 1.82) is 0 Å². The summed E-state index contributed by atoms with van der Waals surface area (Å²) in [5, 5.41) is 0.222. The van der Waals surface area contributed by atoms with E-state index in [0.717, 1.165) is 23.8 Å². The van der Waals surface area contributed by atoms with Crippen LogP contribution < -0.4 is 0 Å². The summed E-state index contributed by atoms with van der Waals surface area (Å²) in [7, 11) is 0. The van der Waals surface area contributed by atoms with Crippen molar-refractivity contribution in [1.82, 2.24) is 0 Å². The van der Waals surface area contributed by atoms with E-state index in [-0.39, 0.29) is 10.8 Å². The van der Waals surface area contributed by atoms with Crippen LogP contribution in [-0.2, 0) is 6.42 Å². The van der Waals surface area contributed by atoms with Crippen molar-refractivity contribution in [3.05, 3.63) is 34.6 Å². The van der Waals surface area contributed by atoms with E-state index in [1.54, 1.807) is 12.1 Å². The molecule has 0 nitrogen and oxygen atoms in total. The first kappa shape index (κ1) is 12.9. The molecule has 1 fully saturated rings. The average molecular weight is 255 g/mol. The number of benzene rings is 1. The van der Waals surface area contributed by atoms with Crippen LogP contribution in [0.5, 0.6) is 0 Å². The van der Waals surface area contributed by atoms with Crippen LogP contribution in [0.3, 0.4) is 0 Å². The molecular weight excluding hydrogens is 235 g/mol. The van der Waals surface area contributed by atoms with Gasteiger partial charge in [0.1, 0.15) is 5.82 Å². The summed E-state index contributed by atoms with van der Waals surface area (Å²) in [6, 6.07) is 5.18. The topological polar surface area (TPSA) is 0 Å². The van der Waals surface area contributed by atoms with Crippen molar-refractivity contribution < 1.29 is 4.39 Å². The smallest absolute Gasteiger partial charge is 0.142 e. The van der Waals surface area contributed by atoms with E-state index in [1.807, 2.05) is 6.07 Å². The van der Waals surface area contributed by atoms with Gasteiger partial charge in [-0.15, -0.1) is 0 Å². The van der Waals surface area contributed by atoms with E-state index in [2.05, 4.69) is 6.92 Å². The highest BCUT2D eigenvalue weighted by Crippen LogP contribution is 2.31. The molecule has 0 saturated heterocycles. The van der Waals surface area contributed by atoms with Gasteiger partial charge in [-0.2, -0.15) is 0 Å². The van der Waals surface area contributed by atoms with Crippen molar-refractivity contribution in [3.8, 4) is 0 Å². The monoisotopic (exact) mass is 254 g/mol. The van der Waals surface area contributed by atoms with Crippen molar-refractivity contribution in [2.45, 2.75) is 45.4 Å². The normalized spacial score (nSPS) is 24.9. The summed E-state index contributed by atoms with van der Waals surface area (Å²) >= 11 is 5.67. The molecular formula is C15H20ClF. The number of aryl methyl sites for hydroxylation is 1. The predicted molar refractivity (Wildman–Crippen MR) is 70.9 cm³/mol. The minimum atomic E-state index is -0.290. The van der Waals surface area contributed by atoms with Crippen LogP contribution in [0, 0.1) is 17.7 Å². The third-order valence-corrected chi connectivity index (χ3v) is 4.27. The number of hydrogen-bond donors (Lipinski definition) is 0. The molecule has 0 N–H and O–H groups in total. The zero-order valence-corrected chi connectivity index (χ0v) is 11.1. The third-order valence-electron chi connectivity index (χ3n) is 3.96. The SMILES string of the molecule is CC1CCC(CCc2ccc(Cl)c(F)c2)CC1. The van der Waals surface area contributed by atoms with Gasteiger partial charge in [0.25, 0.3) is 0 Å². The summed E-state index contributed by atoms with van der Waals surface area (Å²) in [6.45, 7) is 2.34. The molecule has 0 heterocycles. The lowest BCUT2D eigenvalue weighted by molar-refractivity contribution is 0.277. The second-order valence-electron chi connectivity index (χ2n) is 5.41. The highest BCUT2D eigenvalue weighted by atomic mass is 35.5. The minimum Gasteiger partial charge on any atom is -0.205 e. The fourth-order valence-electron chi connectivity index (χ4n) is 2.68. The zero-order valence-electron chi connectivity index (χ0n) is 10.4.